The number of para-hydroxylation sites is 1. The summed E-state index contributed by atoms with van der Waals surface area (Å²) < 4.78 is 17.0. The largest absolute Gasteiger partial charge is 0.466 e. The molecule has 7 nitrogen and oxygen atoms in total. The number of anilines is 1. The fourth-order valence-electron chi connectivity index (χ4n) is 3.77. The van der Waals surface area contributed by atoms with E-state index < -0.39 is 8.60 Å². The molecule has 0 aromatic heterocycles. The summed E-state index contributed by atoms with van der Waals surface area (Å²) in [6, 6.07) is 10.5. The zero-order valence-electron chi connectivity index (χ0n) is 19.9. The molecule has 182 valence electrons. The van der Waals surface area contributed by atoms with E-state index >= 15 is 0 Å². The van der Waals surface area contributed by atoms with Crippen LogP contribution in [-0.2, 0) is 18.6 Å². The second kappa shape index (κ2) is 15.6. The van der Waals surface area contributed by atoms with Crippen LogP contribution >= 0.6 is 8.60 Å². The Bertz CT molecular complexity index is 626. The maximum absolute atomic E-state index is 11.7. The topological polar surface area (TPSA) is 68.2 Å². The molecule has 1 atom stereocenters. The number of piperazine rings is 1. The number of likely N-dealkylation sites (N-methyl/N-ethyl adjacent to an activating group) is 1. The van der Waals surface area contributed by atoms with E-state index in [0.717, 1.165) is 50.0 Å². The molecule has 2 rings (SSSR count). The van der Waals surface area contributed by atoms with E-state index in [-0.39, 0.29) is 5.97 Å². The van der Waals surface area contributed by atoms with Crippen molar-refractivity contribution in [2.75, 3.05) is 64.5 Å². The van der Waals surface area contributed by atoms with Crippen molar-refractivity contribution in [3.8, 4) is 0 Å². The summed E-state index contributed by atoms with van der Waals surface area (Å²) in [6.07, 6.45) is 6.53. The third kappa shape index (κ3) is 11.1. The van der Waals surface area contributed by atoms with Crippen molar-refractivity contribution in [2.24, 2.45) is 0 Å². The zero-order chi connectivity index (χ0) is 23.1. The molecule has 1 heterocycles. The second-order valence-corrected chi connectivity index (χ2v) is 9.75. The van der Waals surface area contributed by atoms with Crippen LogP contribution in [0.15, 0.2) is 30.3 Å². The molecule has 1 fully saturated rings. The minimum absolute atomic E-state index is 0.195. The average Bonchev–Trinajstić information content (AvgIpc) is 2.80. The van der Waals surface area contributed by atoms with Crippen molar-refractivity contribution < 1.29 is 28.0 Å². The molecule has 1 saturated heterocycles. The molecule has 0 spiro atoms. The predicted octanol–water partition coefficient (Wildman–Crippen LogP) is 4.50. The number of benzene rings is 1. The zero-order valence-corrected chi connectivity index (χ0v) is 20.8. The maximum atomic E-state index is 11.7. The van der Waals surface area contributed by atoms with Gasteiger partial charge in [-0.05, 0) is 25.0 Å². The molecule has 0 bridgehead atoms. The first kappa shape index (κ1) is 27.0. The number of rotatable bonds is 16. The van der Waals surface area contributed by atoms with Gasteiger partial charge in [-0.25, -0.2) is 0 Å². The van der Waals surface area contributed by atoms with Crippen LogP contribution in [0.5, 0.6) is 0 Å². The van der Waals surface area contributed by atoms with Crippen molar-refractivity contribution >= 4 is 20.3 Å². The van der Waals surface area contributed by atoms with Gasteiger partial charge in [-0.1, -0.05) is 50.8 Å². The van der Waals surface area contributed by atoms with Gasteiger partial charge >= 0.3 is 14.6 Å². The van der Waals surface area contributed by atoms with Crippen molar-refractivity contribution in [1.82, 2.24) is 0 Å². The van der Waals surface area contributed by atoms with Crippen molar-refractivity contribution in [1.29, 1.82) is 0 Å². The van der Waals surface area contributed by atoms with Gasteiger partial charge in [-0.2, -0.15) is 0 Å². The molecule has 0 radical (unpaired) electrons. The van der Waals surface area contributed by atoms with Crippen molar-refractivity contribution in [3.63, 3.8) is 0 Å². The smallest absolute Gasteiger partial charge is 0.330 e. The van der Waals surface area contributed by atoms with Crippen molar-refractivity contribution in [3.05, 3.63) is 30.3 Å². The van der Waals surface area contributed by atoms with Gasteiger partial charge in [0.05, 0.1) is 46.4 Å². The number of hydrogen-bond acceptors (Lipinski definition) is 6. The first-order chi connectivity index (χ1) is 15.5. The lowest BCUT2D eigenvalue weighted by atomic mass is 10.2. The second-order valence-electron chi connectivity index (χ2n) is 8.76. The molecule has 1 aromatic carbocycles. The van der Waals surface area contributed by atoms with Gasteiger partial charge in [-0.3, -0.25) is 4.79 Å². The van der Waals surface area contributed by atoms with Crippen LogP contribution in [0.1, 0.15) is 51.9 Å². The highest BCUT2D eigenvalue weighted by Gasteiger charge is 2.28. The molecule has 1 aliphatic rings. The lowest BCUT2D eigenvalue weighted by Crippen LogP contribution is -2.58. The first-order valence-corrected chi connectivity index (χ1v) is 13.2. The normalized spacial score (nSPS) is 16.7. The van der Waals surface area contributed by atoms with E-state index in [1.165, 1.54) is 24.9 Å². The number of nitrogens with zero attached hydrogens (tertiary/aromatic N) is 2. The highest BCUT2D eigenvalue weighted by molar-refractivity contribution is 7.40. The van der Waals surface area contributed by atoms with Gasteiger partial charge in [0.25, 0.3) is 0 Å². The van der Waals surface area contributed by atoms with Crippen LogP contribution < -0.4 is 4.90 Å². The van der Waals surface area contributed by atoms with Crippen LogP contribution in [0, 0.1) is 0 Å². The summed E-state index contributed by atoms with van der Waals surface area (Å²) >= 11 is 0. The van der Waals surface area contributed by atoms with E-state index in [1.54, 1.807) is 0 Å². The molecule has 0 saturated carbocycles. The van der Waals surface area contributed by atoms with Gasteiger partial charge in [0, 0.05) is 12.1 Å². The number of quaternary nitrogens is 1. The third-order valence-corrected chi connectivity index (χ3v) is 6.82. The fourth-order valence-corrected chi connectivity index (χ4v) is 4.37. The maximum Gasteiger partial charge on any atom is 0.330 e. The molecule has 1 N–H and O–H groups in total. The lowest BCUT2D eigenvalue weighted by Gasteiger charge is -2.42. The molecule has 8 heteroatoms. The van der Waals surface area contributed by atoms with Gasteiger partial charge in [0.1, 0.15) is 13.2 Å². The average molecular weight is 470 g/mol. The summed E-state index contributed by atoms with van der Waals surface area (Å²) in [5.74, 6) is -0.195. The Morgan fingerprint density at radius 2 is 1.69 bits per heavy atom. The van der Waals surface area contributed by atoms with Gasteiger partial charge in [-0.15, -0.1) is 0 Å². The fraction of sp³-hybridized carbons (Fsp3) is 0.708. The van der Waals surface area contributed by atoms with E-state index in [0.29, 0.717) is 32.7 Å². The molecule has 0 amide bonds. The SMILES string of the molecule is CCCCCCCOC(=O)CCCOP(O)OCC[N+]1(C)CCN(c2ccccc2)CC1. The molecular weight excluding hydrogens is 427 g/mol. The van der Waals surface area contributed by atoms with Crippen molar-refractivity contribution in [2.45, 2.75) is 51.9 Å². The Morgan fingerprint density at radius 1 is 1.00 bits per heavy atom. The lowest BCUT2D eigenvalue weighted by molar-refractivity contribution is -0.910. The summed E-state index contributed by atoms with van der Waals surface area (Å²) in [5.41, 5.74) is 1.28. The van der Waals surface area contributed by atoms with Crippen LogP contribution in [0.2, 0.25) is 0 Å². The Hall–Kier alpha value is -1.24. The molecule has 32 heavy (non-hydrogen) atoms. The quantitative estimate of drug-likeness (QED) is 0.166. The van der Waals surface area contributed by atoms with Gasteiger partial charge in [0.15, 0.2) is 0 Å². The number of hydrogen-bond donors (Lipinski definition) is 1. The Labute approximate surface area is 195 Å². The van der Waals surface area contributed by atoms with E-state index in [9.17, 15) is 9.69 Å². The Kier molecular flexibility index (Phi) is 13.1. The highest BCUT2D eigenvalue weighted by atomic mass is 31.2. The molecule has 0 aliphatic carbocycles. The van der Waals surface area contributed by atoms with Crippen LogP contribution in [0.3, 0.4) is 0 Å². The molecule has 1 unspecified atom stereocenters. The number of carbonyl (C=O) groups is 1. The first-order valence-electron chi connectivity index (χ1n) is 12.1. The number of esters is 1. The standard InChI is InChI=1S/C24H42N2O5P/c1-3-4-5-6-10-20-29-24(27)14-11-21-30-32(28)31-22-19-26(2)17-15-25(16-18-26)23-12-8-7-9-13-23/h7-9,12-13,28H,3-6,10-11,14-22H2,1-2H3/q+1. The van der Waals surface area contributed by atoms with Gasteiger partial charge < -0.3 is 28.1 Å². The summed E-state index contributed by atoms with van der Waals surface area (Å²) in [7, 11) is 0.340. The molecule has 1 aliphatic heterocycles. The predicted molar refractivity (Wildman–Crippen MR) is 129 cm³/mol. The number of unbranched alkanes of at least 4 members (excludes halogenated alkanes) is 4. The summed E-state index contributed by atoms with van der Waals surface area (Å²) in [4.78, 5) is 24.1. The minimum atomic E-state index is -1.90. The van der Waals surface area contributed by atoms with Crippen LogP contribution in [-0.4, -0.2) is 74.9 Å². The summed E-state index contributed by atoms with van der Waals surface area (Å²) in [5, 5.41) is 0. The minimum Gasteiger partial charge on any atom is -0.466 e. The number of carbonyl (C=O) groups excluding carboxylic acids is 1. The third-order valence-electron chi connectivity index (χ3n) is 6.01. The van der Waals surface area contributed by atoms with Gasteiger partial charge in [0.2, 0.25) is 0 Å². The monoisotopic (exact) mass is 469 g/mol. The number of ether oxygens (including phenoxy) is 1. The van der Waals surface area contributed by atoms with Crippen LogP contribution in [0.25, 0.3) is 0 Å². The van der Waals surface area contributed by atoms with E-state index in [2.05, 4.69) is 43.1 Å². The Morgan fingerprint density at radius 3 is 2.41 bits per heavy atom. The van der Waals surface area contributed by atoms with Crippen LogP contribution in [0.4, 0.5) is 5.69 Å². The molecule has 1 aromatic rings. The highest BCUT2D eigenvalue weighted by Crippen LogP contribution is 2.33. The Balaban J connectivity index is 1.47. The van der Waals surface area contributed by atoms with E-state index in [1.807, 2.05) is 6.07 Å². The summed E-state index contributed by atoms with van der Waals surface area (Å²) in [6.45, 7) is 8.40. The van der Waals surface area contributed by atoms with E-state index in [4.69, 9.17) is 13.8 Å². The molecular formula is C24H42N2O5P+.